The van der Waals surface area contributed by atoms with Crippen LogP contribution < -0.4 is 10.0 Å². The normalized spacial score (nSPS) is 11.6. The van der Waals surface area contributed by atoms with Crippen LogP contribution in [0.1, 0.15) is 41.5 Å². The number of pyridine rings is 1. The molecule has 0 unspecified atom stereocenters. The molecule has 1 aromatic heterocycles. The molecule has 0 fully saturated rings. The Bertz CT molecular complexity index is 713. The molecule has 6 heteroatoms. The van der Waals surface area contributed by atoms with E-state index in [1.54, 1.807) is 6.07 Å². The molecule has 0 spiro atoms. The Balaban J connectivity index is 1.86. The highest BCUT2D eigenvalue weighted by Gasteiger charge is 2.18. The molecule has 1 heterocycles. The van der Waals surface area contributed by atoms with Gasteiger partial charge in [-0.15, -0.1) is 0 Å². The number of hydrogen-bond acceptors (Lipinski definition) is 4. The van der Waals surface area contributed by atoms with Gasteiger partial charge in [0.15, 0.2) is 12.8 Å². The first-order chi connectivity index (χ1) is 11.5. The fourth-order valence-corrected chi connectivity index (χ4v) is 2.20. The lowest BCUT2D eigenvalue weighted by molar-refractivity contribution is -0.608. The number of benzene rings is 1. The predicted molar refractivity (Wildman–Crippen MR) is 88.1 cm³/mol. The molecule has 0 aliphatic carbocycles. The van der Waals surface area contributed by atoms with Crippen LogP contribution >= 0.6 is 0 Å². The first kappa shape index (κ1) is 17.5. The van der Waals surface area contributed by atoms with Crippen molar-refractivity contribution in [2.45, 2.75) is 26.3 Å². The number of nitrogens with zero attached hydrogens (tertiary/aromatic N) is 1. The summed E-state index contributed by atoms with van der Waals surface area (Å²) < 4.78 is 5.27. The van der Waals surface area contributed by atoms with Gasteiger partial charge in [-0.05, 0) is 30.5 Å². The van der Waals surface area contributed by atoms with E-state index < -0.39 is 18.5 Å². The minimum atomic E-state index is -0.833. The highest BCUT2D eigenvalue weighted by atomic mass is 16.5. The molecule has 0 saturated heterocycles. The van der Waals surface area contributed by atoms with Gasteiger partial charge in [0.2, 0.25) is 0 Å². The van der Waals surface area contributed by atoms with Gasteiger partial charge in [0.1, 0.15) is 0 Å². The molecule has 126 valence electrons. The van der Waals surface area contributed by atoms with Gasteiger partial charge in [0.05, 0.1) is 6.04 Å². The van der Waals surface area contributed by atoms with Crippen LogP contribution in [0.15, 0.2) is 48.7 Å². The number of aromatic nitrogens is 1. The zero-order valence-electron chi connectivity index (χ0n) is 13.7. The summed E-state index contributed by atoms with van der Waals surface area (Å²) in [6.45, 7) is 3.49. The smallest absolute Gasteiger partial charge is 0.405 e. The lowest BCUT2D eigenvalue weighted by Crippen LogP contribution is -2.36. The zero-order valence-corrected chi connectivity index (χ0v) is 13.7. The van der Waals surface area contributed by atoms with Crippen molar-refractivity contribution >= 4 is 11.9 Å². The van der Waals surface area contributed by atoms with E-state index in [9.17, 15) is 14.8 Å². The Morgan fingerprint density at radius 3 is 2.54 bits per heavy atom. The van der Waals surface area contributed by atoms with Gasteiger partial charge < -0.3 is 15.3 Å². The van der Waals surface area contributed by atoms with Crippen LogP contribution in [-0.4, -0.2) is 18.5 Å². The number of carbonyl (C=O) groups is 2. The largest absolute Gasteiger partial charge is 0.618 e. The molecule has 2 rings (SSSR count). The van der Waals surface area contributed by atoms with Crippen LogP contribution in [0, 0.1) is 5.21 Å². The van der Waals surface area contributed by atoms with E-state index in [2.05, 4.69) is 12.2 Å². The summed E-state index contributed by atoms with van der Waals surface area (Å²) in [5, 5.41) is 14.2. The molecule has 2 aromatic rings. The molecular weight excluding hydrogens is 308 g/mol. The first-order valence-electron chi connectivity index (χ1n) is 7.74. The van der Waals surface area contributed by atoms with Gasteiger partial charge in [0.25, 0.3) is 5.91 Å². The minimum Gasteiger partial charge on any atom is -0.618 e. The second-order valence-electron chi connectivity index (χ2n) is 5.37. The van der Waals surface area contributed by atoms with E-state index in [-0.39, 0.29) is 11.7 Å². The lowest BCUT2D eigenvalue weighted by atomic mass is 10.1. The van der Waals surface area contributed by atoms with Crippen molar-refractivity contribution in [1.82, 2.24) is 5.32 Å². The summed E-state index contributed by atoms with van der Waals surface area (Å²) in [4.78, 5) is 23.7. The summed E-state index contributed by atoms with van der Waals surface area (Å²) in [6, 6.07) is 12.1. The average Bonchev–Trinajstić information content (AvgIpc) is 2.60. The van der Waals surface area contributed by atoms with Gasteiger partial charge in [-0.3, -0.25) is 4.79 Å². The predicted octanol–water partition coefficient (Wildman–Crippen LogP) is 1.92. The quantitative estimate of drug-likeness (QED) is 0.499. The maximum absolute atomic E-state index is 11.9. The summed E-state index contributed by atoms with van der Waals surface area (Å²) >= 11 is 0. The third-order valence-electron chi connectivity index (χ3n) is 3.63. The van der Waals surface area contributed by atoms with Crippen molar-refractivity contribution in [3.8, 4) is 0 Å². The number of aryl methyl sites for hydroxylation is 1. The Kier molecular flexibility index (Phi) is 5.89. The summed E-state index contributed by atoms with van der Waals surface area (Å²) in [7, 11) is 0. The highest BCUT2D eigenvalue weighted by molar-refractivity contribution is 5.88. The van der Waals surface area contributed by atoms with E-state index in [1.807, 2.05) is 31.2 Å². The average molecular weight is 328 g/mol. The maximum atomic E-state index is 11.9. The maximum Gasteiger partial charge on any atom is 0.405 e. The van der Waals surface area contributed by atoms with Crippen LogP contribution in [0.5, 0.6) is 0 Å². The molecule has 6 nitrogen and oxygen atoms in total. The molecule has 1 atom stereocenters. The molecule has 0 radical (unpaired) electrons. The SMILES string of the molecule is CCc1ccc([C@H](C)NC(=O)COC(=O)c2cccc[n+]2[O-])cc1. The third-order valence-corrected chi connectivity index (χ3v) is 3.63. The molecule has 1 amide bonds. The number of rotatable bonds is 6. The molecular formula is C18H20N2O4. The zero-order chi connectivity index (χ0) is 17.5. The number of esters is 1. The number of carbonyl (C=O) groups excluding carboxylic acids is 2. The molecule has 1 aromatic carbocycles. The van der Waals surface area contributed by atoms with Gasteiger partial charge in [0, 0.05) is 12.1 Å². The standard InChI is InChI=1S/C18H20N2O4/c1-3-14-7-9-15(10-8-14)13(2)19-17(21)12-24-18(22)16-6-4-5-11-20(16)23/h4-11,13H,3,12H2,1-2H3,(H,19,21)/t13-/m0/s1. The molecule has 24 heavy (non-hydrogen) atoms. The Morgan fingerprint density at radius 2 is 1.92 bits per heavy atom. The summed E-state index contributed by atoms with van der Waals surface area (Å²) in [5.41, 5.74) is 2.03. The van der Waals surface area contributed by atoms with Crippen LogP contribution in [0.4, 0.5) is 0 Å². The van der Waals surface area contributed by atoms with Crippen molar-refractivity contribution < 1.29 is 19.1 Å². The Morgan fingerprint density at radius 1 is 1.21 bits per heavy atom. The highest BCUT2D eigenvalue weighted by Crippen LogP contribution is 2.13. The van der Waals surface area contributed by atoms with Gasteiger partial charge in [-0.2, -0.15) is 4.73 Å². The number of amides is 1. The van der Waals surface area contributed by atoms with E-state index >= 15 is 0 Å². The van der Waals surface area contributed by atoms with Crippen molar-refractivity contribution in [3.05, 3.63) is 70.7 Å². The van der Waals surface area contributed by atoms with Gasteiger partial charge >= 0.3 is 11.7 Å². The van der Waals surface area contributed by atoms with E-state index in [0.717, 1.165) is 12.0 Å². The molecule has 1 N–H and O–H groups in total. The van der Waals surface area contributed by atoms with Gasteiger partial charge in [-0.1, -0.05) is 31.2 Å². The van der Waals surface area contributed by atoms with Crippen LogP contribution in [-0.2, 0) is 16.0 Å². The second kappa shape index (κ2) is 8.10. The molecule has 0 bridgehead atoms. The molecule has 0 aliphatic rings. The third kappa shape index (κ3) is 4.55. The fourth-order valence-electron chi connectivity index (χ4n) is 2.20. The topological polar surface area (TPSA) is 82.3 Å². The Hall–Kier alpha value is -2.89. The first-order valence-corrected chi connectivity index (χ1v) is 7.74. The van der Waals surface area contributed by atoms with Crippen LogP contribution in [0.3, 0.4) is 0 Å². The number of hydrogen-bond donors (Lipinski definition) is 1. The second-order valence-corrected chi connectivity index (χ2v) is 5.37. The Labute approximate surface area is 140 Å². The minimum absolute atomic E-state index is 0.159. The fraction of sp³-hybridized carbons (Fsp3) is 0.278. The van der Waals surface area contributed by atoms with E-state index in [4.69, 9.17) is 4.74 Å². The van der Waals surface area contributed by atoms with Crippen molar-refractivity contribution in [2.24, 2.45) is 0 Å². The molecule has 0 saturated carbocycles. The summed E-state index contributed by atoms with van der Waals surface area (Å²) in [6.07, 6.45) is 2.15. The summed E-state index contributed by atoms with van der Waals surface area (Å²) in [5.74, 6) is -1.26. The number of nitrogens with one attached hydrogen (secondary N) is 1. The monoisotopic (exact) mass is 328 g/mol. The van der Waals surface area contributed by atoms with Gasteiger partial charge in [-0.25, -0.2) is 4.79 Å². The van der Waals surface area contributed by atoms with E-state index in [0.29, 0.717) is 4.73 Å². The van der Waals surface area contributed by atoms with Crippen molar-refractivity contribution in [1.29, 1.82) is 0 Å². The van der Waals surface area contributed by atoms with E-state index in [1.165, 1.54) is 23.9 Å². The van der Waals surface area contributed by atoms with Crippen LogP contribution in [0.2, 0.25) is 0 Å². The number of ether oxygens (including phenoxy) is 1. The van der Waals surface area contributed by atoms with Crippen molar-refractivity contribution in [2.75, 3.05) is 6.61 Å². The van der Waals surface area contributed by atoms with Crippen LogP contribution in [0.25, 0.3) is 0 Å². The molecule has 0 aliphatic heterocycles. The lowest BCUT2D eigenvalue weighted by Gasteiger charge is -2.14. The van der Waals surface area contributed by atoms with Crippen molar-refractivity contribution in [3.63, 3.8) is 0 Å².